The molecule has 14 heavy (non-hydrogen) atoms. The van der Waals surface area contributed by atoms with Gasteiger partial charge in [0.25, 0.3) is 0 Å². The van der Waals surface area contributed by atoms with E-state index in [4.69, 9.17) is 11.1 Å². The largest absolute Gasteiger partial charge is 0.369 e. The molecule has 1 rings (SSSR count). The topological polar surface area (TPSA) is 74.3 Å². The van der Waals surface area contributed by atoms with Crippen LogP contribution in [0.4, 0.5) is 0 Å². The minimum absolute atomic E-state index is 0.0752. The van der Waals surface area contributed by atoms with E-state index >= 15 is 0 Å². The van der Waals surface area contributed by atoms with E-state index in [1.165, 1.54) is 25.7 Å². The van der Waals surface area contributed by atoms with Gasteiger partial charge >= 0.3 is 0 Å². The van der Waals surface area contributed by atoms with Crippen LogP contribution in [0.3, 0.4) is 0 Å². The second-order valence-electron chi connectivity index (χ2n) is 3.91. The molecule has 0 heterocycles. The van der Waals surface area contributed by atoms with Crippen molar-refractivity contribution in [3.05, 3.63) is 0 Å². The van der Waals surface area contributed by atoms with Gasteiger partial charge in [-0.2, -0.15) is 5.10 Å². The number of guanidine groups is 1. The smallest absolute Gasteiger partial charge is 0.206 e. The molecule has 0 aliphatic heterocycles. The maximum absolute atomic E-state index is 7.00. The van der Waals surface area contributed by atoms with Crippen molar-refractivity contribution in [2.24, 2.45) is 16.8 Å². The molecule has 0 aromatic carbocycles. The molecule has 0 bridgehead atoms. The van der Waals surface area contributed by atoms with Gasteiger partial charge in [0.2, 0.25) is 5.96 Å². The van der Waals surface area contributed by atoms with E-state index in [0.717, 1.165) is 24.5 Å². The van der Waals surface area contributed by atoms with E-state index in [9.17, 15) is 0 Å². The Bertz CT molecular complexity index is 222. The molecule has 1 aliphatic rings. The molecule has 0 saturated heterocycles. The van der Waals surface area contributed by atoms with E-state index in [-0.39, 0.29) is 5.96 Å². The van der Waals surface area contributed by atoms with Crippen LogP contribution in [-0.4, -0.2) is 11.7 Å². The Morgan fingerprint density at radius 3 is 3.00 bits per heavy atom. The van der Waals surface area contributed by atoms with Gasteiger partial charge in [-0.05, 0) is 31.6 Å². The summed E-state index contributed by atoms with van der Waals surface area (Å²) in [5.41, 5.74) is 8.86. The average molecular weight is 196 g/mol. The number of hydrogen-bond acceptors (Lipinski definition) is 2. The van der Waals surface area contributed by atoms with E-state index in [2.05, 4.69) is 17.5 Å². The van der Waals surface area contributed by atoms with Gasteiger partial charge < -0.3 is 5.73 Å². The lowest BCUT2D eigenvalue weighted by Crippen LogP contribution is -2.26. The predicted molar refractivity (Wildman–Crippen MR) is 59.4 cm³/mol. The second kappa shape index (κ2) is 5.62. The Hall–Kier alpha value is -1.06. The van der Waals surface area contributed by atoms with Crippen molar-refractivity contribution in [2.45, 2.75) is 45.4 Å². The minimum atomic E-state index is -0.0752. The third-order valence-corrected chi connectivity index (χ3v) is 2.83. The zero-order valence-electron chi connectivity index (χ0n) is 8.84. The molecule has 0 radical (unpaired) electrons. The maximum atomic E-state index is 7.00. The van der Waals surface area contributed by atoms with Crippen molar-refractivity contribution in [3.8, 4) is 0 Å². The molecule has 0 aromatic rings. The number of hydrogen-bond donors (Lipinski definition) is 3. The minimum Gasteiger partial charge on any atom is -0.369 e. The fourth-order valence-corrected chi connectivity index (χ4v) is 1.89. The van der Waals surface area contributed by atoms with E-state index in [1.807, 2.05) is 0 Å². The van der Waals surface area contributed by atoms with Crippen LogP contribution in [0.2, 0.25) is 0 Å². The summed E-state index contributed by atoms with van der Waals surface area (Å²) in [6.45, 7) is 2.25. The Balaban J connectivity index is 2.41. The zero-order valence-corrected chi connectivity index (χ0v) is 8.84. The highest BCUT2D eigenvalue weighted by molar-refractivity contribution is 5.86. The Morgan fingerprint density at radius 1 is 1.57 bits per heavy atom. The molecule has 1 fully saturated rings. The highest BCUT2D eigenvalue weighted by Crippen LogP contribution is 2.23. The van der Waals surface area contributed by atoms with Crippen LogP contribution in [0.1, 0.15) is 45.4 Å². The van der Waals surface area contributed by atoms with Crippen LogP contribution >= 0.6 is 0 Å². The van der Waals surface area contributed by atoms with Crippen LogP contribution in [0.25, 0.3) is 0 Å². The Kier molecular flexibility index (Phi) is 4.43. The summed E-state index contributed by atoms with van der Waals surface area (Å²) in [4.78, 5) is 0. The molecular weight excluding hydrogens is 176 g/mol. The summed E-state index contributed by atoms with van der Waals surface area (Å²) >= 11 is 0. The van der Waals surface area contributed by atoms with Gasteiger partial charge in [-0.25, -0.2) is 5.43 Å². The van der Waals surface area contributed by atoms with Gasteiger partial charge in [0.1, 0.15) is 0 Å². The van der Waals surface area contributed by atoms with Crippen molar-refractivity contribution in [1.82, 2.24) is 5.43 Å². The number of nitrogens with two attached hydrogens (primary N) is 1. The van der Waals surface area contributed by atoms with Crippen LogP contribution in [0.15, 0.2) is 5.10 Å². The van der Waals surface area contributed by atoms with Crippen LogP contribution in [0, 0.1) is 11.3 Å². The quantitative estimate of drug-likeness (QED) is 0.273. The fraction of sp³-hybridized carbons (Fsp3) is 0.800. The monoisotopic (exact) mass is 196 g/mol. The van der Waals surface area contributed by atoms with E-state index in [1.54, 1.807) is 0 Å². The van der Waals surface area contributed by atoms with E-state index in [0.29, 0.717) is 0 Å². The maximum Gasteiger partial charge on any atom is 0.206 e. The number of nitrogens with one attached hydrogen (secondary N) is 2. The predicted octanol–water partition coefficient (Wildman–Crippen LogP) is 1.82. The van der Waals surface area contributed by atoms with Crippen molar-refractivity contribution >= 4 is 11.7 Å². The zero-order chi connectivity index (χ0) is 10.4. The van der Waals surface area contributed by atoms with Crippen LogP contribution < -0.4 is 11.2 Å². The molecule has 80 valence electrons. The van der Waals surface area contributed by atoms with Crippen molar-refractivity contribution in [1.29, 1.82) is 5.41 Å². The molecule has 1 atom stereocenters. The molecule has 1 saturated carbocycles. The lowest BCUT2D eigenvalue weighted by atomic mass is 9.98. The van der Waals surface area contributed by atoms with Crippen LogP contribution in [0.5, 0.6) is 0 Å². The summed E-state index contributed by atoms with van der Waals surface area (Å²) in [5.74, 6) is 0.786. The molecule has 4 heteroatoms. The third-order valence-electron chi connectivity index (χ3n) is 2.83. The first-order valence-electron chi connectivity index (χ1n) is 5.37. The Labute approximate surface area is 85.5 Å². The normalized spacial score (nSPS) is 25.8. The fourth-order valence-electron chi connectivity index (χ4n) is 1.89. The highest BCUT2D eigenvalue weighted by Gasteiger charge is 2.13. The Morgan fingerprint density at radius 2 is 2.36 bits per heavy atom. The highest BCUT2D eigenvalue weighted by atomic mass is 15.3. The first-order chi connectivity index (χ1) is 6.72. The molecule has 4 N–H and O–H groups in total. The van der Waals surface area contributed by atoms with Gasteiger partial charge in [-0.1, -0.05) is 19.8 Å². The first kappa shape index (κ1) is 11.0. The second-order valence-corrected chi connectivity index (χ2v) is 3.91. The number of hydrazone groups is 1. The number of nitrogens with zero attached hydrogens (tertiary/aromatic N) is 1. The first-order valence-corrected chi connectivity index (χ1v) is 5.37. The SMILES string of the molecule is CCC1CCCC(=NNC(=N)N)CC1. The van der Waals surface area contributed by atoms with Crippen molar-refractivity contribution in [3.63, 3.8) is 0 Å². The summed E-state index contributed by atoms with van der Waals surface area (Å²) in [6, 6.07) is 0. The molecule has 0 amide bonds. The molecule has 1 unspecified atom stereocenters. The standard InChI is InChI=1S/C10H20N4/c1-2-8-4-3-5-9(7-6-8)13-14-10(11)12/h8H,2-7H2,1H3,(H4,11,12,14). The molecule has 1 aliphatic carbocycles. The van der Waals surface area contributed by atoms with Crippen molar-refractivity contribution < 1.29 is 0 Å². The van der Waals surface area contributed by atoms with Gasteiger partial charge in [-0.15, -0.1) is 0 Å². The van der Waals surface area contributed by atoms with Gasteiger partial charge in [0, 0.05) is 5.71 Å². The van der Waals surface area contributed by atoms with E-state index < -0.39 is 0 Å². The van der Waals surface area contributed by atoms with Crippen LogP contribution in [-0.2, 0) is 0 Å². The summed E-state index contributed by atoms with van der Waals surface area (Å²) < 4.78 is 0. The summed E-state index contributed by atoms with van der Waals surface area (Å²) in [6.07, 6.45) is 7.14. The molecule has 4 nitrogen and oxygen atoms in total. The average Bonchev–Trinajstić information content (AvgIpc) is 2.39. The van der Waals surface area contributed by atoms with Gasteiger partial charge in [0.15, 0.2) is 0 Å². The molecular formula is C10H20N4. The molecule has 0 spiro atoms. The number of rotatable bonds is 2. The lowest BCUT2D eigenvalue weighted by molar-refractivity contribution is 0.450. The van der Waals surface area contributed by atoms with Crippen molar-refractivity contribution in [2.75, 3.05) is 0 Å². The van der Waals surface area contributed by atoms with Gasteiger partial charge in [0.05, 0.1) is 0 Å². The molecule has 0 aromatic heterocycles. The third kappa shape index (κ3) is 3.77. The summed E-state index contributed by atoms with van der Waals surface area (Å²) in [7, 11) is 0. The van der Waals surface area contributed by atoms with Gasteiger partial charge in [-0.3, -0.25) is 5.41 Å². The summed E-state index contributed by atoms with van der Waals surface area (Å²) in [5, 5.41) is 11.1. The lowest BCUT2D eigenvalue weighted by Gasteiger charge is -2.08.